The molecule has 0 spiro atoms. The van der Waals surface area contributed by atoms with Crippen molar-refractivity contribution in [2.24, 2.45) is 33.7 Å². The zero-order chi connectivity index (χ0) is 43.5. The summed E-state index contributed by atoms with van der Waals surface area (Å²) in [6, 6.07) is 21.9. The molecule has 2 N–H and O–H groups in total. The number of amides is 4. The van der Waals surface area contributed by atoms with Gasteiger partial charge in [0.25, 0.3) is 0 Å². The van der Waals surface area contributed by atoms with Crippen molar-refractivity contribution in [3.05, 3.63) is 84.2 Å². The van der Waals surface area contributed by atoms with Crippen LogP contribution in [0.4, 0.5) is 4.79 Å². The summed E-state index contributed by atoms with van der Waals surface area (Å²) in [4.78, 5) is 64.2. The van der Waals surface area contributed by atoms with Crippen LogP contribution < -0.4 is 10.7 Å². The smallest absolute Gasteiger partial charge is 0.425 e. The van der Waals surface area contributed by atoms with Crippen LogP contribution >= 0.6 is 0 Å². The first-order chi connectivity index (χ1) is 30.0. The molecule has 3 aliphatic carbocycles. The van der Waals surface area contributed by atoms with Crippen LogP contribution in [0.2, 0.25) is 0 Å². The van der Waals surface area contributed by atoms with Gasteiger partial charge in [-0.25, -0.2) is 15.2 Å². The average molecular weight is 839 g/mol. The minimum Gasteiger partial charge on any atom is -0.452 e. The lowest BCUT2D eigenvalue weighted by atomic mass is 9.74. The number of hydrogen-bond acceptors (Lipinski definition) is 7. The van der Waals surface area contributed by atoms with E-state index >= 15 is 0 Å². The first-order valence-electron chi connectivity index (χ1n) is 22.9. The lowest BCUT2D eigenvalue weighted by Gasteiger charge is -2.36. The molecule has 11 heteroatoms. The molecule has 62 heavy (non-hydrogen) atoms. The number of allylic oxidation sites excluding steroid dienone is 2. The fourth-order valence-corrected chi connectivity index (χ4v) is 10.00. The molecule has 0 radical (unpaired) electrons. The second-order valence-corrected chi connectivity index (χ2v) is 18.6. The second kappa shape index (κ2) is 18.8. The normalized spacial score (nSPS) is 22.4. The average Bonchev–Trinajstić information content (AvgIpc) is 3.72. The third-order valence-electron chi connectivity index (χ3n) is 13.7. The lowest BCUT2D eigenvalue weighted by molar-refractivity contribution is -0.143. The number of carbonyl (C=O) groups is 4. The molecule has 326 valence electrons. The number of nitrogens with zero attached hydrogens (tertiary/aromatic N) is 4. The summed E-state index contributed by atoms with van der Waals surface area (Å²) < 4.78 is 4.79. The van der Waals surface area contributed by atoms with E-state index < -0.39 is 6.09 Å². The van der Waals surface area contributed by atoms with E-state index in [0.717, 1.165) is 121 Å². The van der Waals surface area contributed by atoms with Crippen molar-refractivity contribution in [1.29, 1.82) is 0 Å². The first kappa shape index (κ1) is 43.1. The highest BCUT2D eigenvalue weighted by molar-refractivity contribution is 6.04. The SMILES string of the molecule is COC(=O)NN(C(=O)[C@@H]1CCCCC1C1=NC=C(c2ccc3cc(-c4ccc(C5=CN=C(C6CCCC[C@@H]6C(=O)N(CC(=O)NC6CC6)C(C)C)C5)cc4)ccc3c2)C1)C(C)C. The van der Waals surface area contributed by atoms with Crippen molar-refractivity contribution in [3.63, 3.8) is 0 Å². The predicted octanol–water partition coefficient (Wildman–Crippen LogP) is 9.51. The summed E-state index contributed by atoms with van der Waals surface area (Å²) in [5, 5.41) is 6.79. The van der Waals surface area contributed by atoms with Gasteiger partial charge in [-0.1, -0.05) is 74.2 Å². The van der Waals surface area contributed by atoms with E-state index in [0.29, 0.717) is 6.42 Å². The number of hydrazine groups is 1. The van der Waals surface area contributed by atoms with Gasteiger partial charge in [0.15, 0.2) is 0 Å². The Labute approximate surface area is 366 Å². The molecule has 0 bridgehead atoms. The fourth-order valence-electron chi connectivity index (χ4n) is 10.00. The Morgan fingerprint density at radius 1 is 0.645 bits per heavy atom. The second-order valence-electron chi connectivity index (χ2n) is 18.6. The van der Waals surface area contributed by atoms with Crippen LogP contribution in [-0.2, 0) is 19.1 Å². The number of carbonyl (C=O) groups excluding carboxylic acids is 4. The quantitative estimate of drug-likeness (QED) is 0.176. The number of fused-ring (bicyclic) bond motifs is 1. The first-order valence-corrected chi connectivity index (χ1v) is 22.9. The highest BCUT2D eigenvalue weighted by Gasteiger charge is 2.40. The summed E-state index contributed by atoms with van der Waals surface area (Å²) in [5.41, 5.74) is 11.6. The van der Waals surface area contributed by atoms with E-state index in [1.165, 1.54) is 17.7 Å². The maximum absolute atomic E-state index is 14.0. The summed E-state index contributed by atoms with van der Waals surface area (Å²) in [7, 11) is 1.30. The minimum absolute atomic E-state index is 0.0264. The van der Waals surface area contributed by atoms with Crippen molar-refractivity contribution >= 4 is 57.2 Å². The van der Waals surface area contributed by atoms with Crippen LogP contribution in [0.5, 0.6) is 0 Å². The molecular weight excluding hydrogens is 777 g/mol. The van der Waals surface area contributed by atoms with Gasteiger partial charge < -0.3 is 15.0 Å². The van der Waals surface area contributed by atoms with E-state index in [1.54, 1.807) is 4.90 Å². The van der Waals surface area contributed by atoms with Gasteiger partial charge in [-0.2, -0.15) is 0 Å². The predicted molar refractivity (Wildman–Crippen MR) is 246 cm³/mol. The molecule has 8 rings (SSSR count). The van der Waals surface area contributed by atoms with Crippen LogP contribution in [0, 0.1) is 23.7 Å². The summed E-state index contributed by atoms with van der Waals surface area (Å²) >= 11 is 0. The van der Waals surface area contributed by atoms with Gasteiger partial charge in [-0.15, -0.1) is 0 Å². The van der Waals surface area contributed by atoms with Crippen LogP contribution in [-0.4, -0.2) is 76.9 Å². The maximum Gasteiger partial charge on any atom is 0.425 e. The standard InChI is InChI=1S/C51H62N6O5/c1-31(2)56(30-48(58)54-41-22-23-41)49(59)44-12-8-6-10-42(44)46-26-39(28-52-46)34-16-14-33(15-17-34)35-18-19-37-25-38(21-20-36(37)24-35)40-27-47(53-29-40)43-11-7-9-13-45(43)50(60)57(32(3)4)55-51(61)62-5/h14-21,24-25,28-29,31-32,41-45H,6-13,22-23,26-27,30H2,1-5H3,(H,54,58)(H,55,61)/t42?,43?,44-,45+/m0/s1. The number of hydrogen-bond donors (Lipinski definition) is 2. The highest BCUT2D eigenvalue weighted by Crippen LogP contribution is 2.40. The topological polar surface area (TPSA) is 133 Å². The zero-order valence-electron chi connectivity index (χ0n) is 37.0. The molecule has 0 saturated heterocycles. The van der Waals surface area contributed by atoms with E-state index in [4.69, 9.17) is 14.7 Å². The van der Waals surface area contributed by atoms with Gasteiger partial charge in [-0.05, 0) is 123 Å². The molecule has 3 saturated carbocycles. The molecule has 3 aromatic rings. The summed E-state index contributed by atoms with van der Waals surface area (Å²) in [6.07, 6.45) is 14.4. The maximum atomic E-state index is 14.0. The molecule has 4 amide bonds. The number of methoxy groups -OCH3 is 1. The van der Waals surface area contributed by atoms with Crippen molar-refractivity contribution in [2.45, 2.75) is 123 Å². The van der Waals surface area contributed by atoms with E-state index in [2.05, 4.69) is 71.4 Å². The molecule has 4 atom stereocenters. The van der Waals surface area contributed by atoms with Crippen LogP contribution in [0.25, 0.3) is 33.0 Å². The number of benzene rings is 3. The van der Waals surface area contributed by atoms with Crippen LogP contribution in [0.1, 0.15) is 116 Å². The van der Waals surface area contributed by atoms with Gasteiger partial charge >= 0.3 is 6.09 Å². The Morgan fingerprint density at radius 2 is 1.16 bits per heavy atom. The van der Waals surface area contributed by atoms with Gasteiger partial charge in [0.2, 0.25) is 17.7 Å². The highest BCUT2D eigenvalue weighted by atomic mass is 16.5. The van der Waals surface area contributed by atoms with E-state index in [-0.39, 0.29) is 66.1 Å². The Morgan fingerprint density at radius 3 is 1.73 bits per heavy atom. The number of aliphatic imine (C=N–C) groups is 2. The van der Waals surface area contributed by atoms with Gasteiger partial charge in [-0.3, -0.25) is 24.4 Å². The number of ether oxygens (including phenoxy) is 1. The largest absolute Gasteiger partial charge is 0.452 e. The molecule has 3 fully saturated rings. The third-order valence-corrected chi connectivity index (χ3v) is 13.7. The molecule has 2 heterocycles. The fraction of sp³-hybridized carbons (Fsp3) is 0.490. The van der Waals surface area contributed by atoms with Crippen molar-refractivity contribution < 1.29 is 23.9 Å². The van der Waals surface area contributed by atoms with Gasteiger partial charge in [0.05, 0.1) is 13.7 Å². The van der Waals surface area contributed by atoms with Crippen molar-refractivity contribution in [3.8, 4) is 11.1 Å². The van der Waals surface area contributed by atoms with Gasteiger partial charge in [0, 0.05) is 78.5 Å². The lowest BCUT2D eigenvalue weighted by Crippen LogP contribution is -2.54. The van der Waals surface area contributed by atoms with E-state index in [1.807, 2.05) is 40.1 Å². The molecule has 11 nitrogen and oxygen atoms in total. The van der Waals surface area contributed by atoms with E-state index in [9.17, 15) is 19.2 Å². The molecule has 3 aromatic carbocycles. The molecule has 5 aliphatic rings. The van der Waals surface area contributed by atoms with Crippen molar-refractivity contribution in [2.75, 3.05) is 13.7 Å². The number of nitrogens with one attached hydrogen (secondary N) is 2. The Kier molecular flexibility index (Phi) is 13.1. The molecule has 2 aliphatic heterocycles. The molecular formula is C51H62N6O5. The number of rotatable bonds is 12. The van der Waals surface area contributed by atoms with Crippen molar-refractivity contribution in [1.82, 2.24) is 20.7 Å². The van der Waals surface area contributed by atoms with Crippen LogP contribution in [0.3, 0.4) is 0 Å². The summed E-state index contributed by atoms with van der Waals surface area (Å²) in [5.74, 6) is -0.323. The monoisotopic (exact) mass is 838 g/mol. The molecule has 2 unspecified atom stereocenters. The van der Waals surface area contributed by atoms with Crippen LogP contribution in [0.15, 0.2) is 83.0 Å². The minimum atomic E-state index is -0.646. The Hall–Kier alpha value is -5.58. The third kappa shape index (κ3) is 9.57. The Bertz CT molecular complexity index is 2320. The molecule has 0 aromatic heterocycles. The van der Waals surface area contributed by atoms with Gasteiger partial charge in [0.1, 0.15) is 0 Å². The summed E-state index contributed by atoms with van der Waals surface area (Å²) in [6.45, 7) is 7.90. The Balaban J connectivity index is 0.887. The zero-order valence-corrected chi connectivity index (χ0v) is 37.0.